The average Bonchev–Trinajstić information content (AvgIpc) is 2.91. The van der Waals surface area contributed by atoms with E-state index >= 15 is 0 Å². The highest BCUT2D eigenvalue weighted by molar-refractivity contribution is 7.97. The van der Waals surface area contributed by atoms with Crippen LogP contribution in [0, 0.1) is 0 Å². The summed E-state index contributed by atoms with van der Waals surface area (Å²) in [6.07, 6.45) is 1.62. The number of benzene rings is 2. The fourth-order valence-corrected chi connectivity index (χ4v) is 3.00. The molecule has 0 bridgehead atoms. The highest BCUT2D eigenvalue weighted by Crippen LogP contribution is 2.33. The van der Waals surface area contributed by atoms with Crippen LogP contribution in [0.2, 0.25) is 0 Å². The quantitative estimate of drug-likeness (QED) is 0.753. The Kier molecular flexibility index (Phi) is 4.88. The maximum atomic E-state index is 12.0. The van der Waals surface area contributed by atoms with Crippen molar-refractivity contribution in [3.05, 3.63) is 65.9 Å². The molecule has 1 aliphatic rings. The first kappa shape index (κ1) is 15.5. The van der Waals surface area contributed by atoms with Crippen molar-refractivity contribution < 1.29 is 14.3 Å². The molecule has 1 amide bonds. The maximum Gasteiger partial charge on any atom is 0.425 e. The highest BCUT2D eigenvalue weighted by Gasteiger charge is 2.28. The molecule has 0 unspecified atom stereocenters. The maximum absolute atomic E-state index is 12.0. The first-order chi connectivity index (χ1) is 11.3. The standard InChI is InChI=1S/C18H17NO3S/c1-2-21-16-8-10-17(11-9-16)23-19-15(13-22-18(19)20)12-14-6-4-3-5-7-14/h3-12H,2,13H2,1H3. The number of carbonyl (C=O) groups excluding carboxylic acids is 1. The summed E-state index contributed by atoms with van der Waals surface area (Å²) in [5.74, 6) is 0.820. The van der Waals surface area contributed by atoms with E-state index in [2.05, 4.69) is 0 Å². The zero-order valence-electron chi connectivity index (χ0n) is 12.8. The Morgan fingerprint density at radius 2 is 1.91 bits per heavy atom. The minimum atomic E-state index is -0.342. The van der Waals surface area contributed by atoms with Gasteiger partial charge >= 0.3 is 6.09 Å². The van der Waals surface area contributed by atoms with Gasteiger partial charge in [0.2, 0.25) is 0 Å². The molecule has 2 aromatic carbocycles. The number of rotatable bonds is 5. The summed E-state index contributed by atoms with van der Waals surface area (Å²) in [6.45, 7) is 2.87. The number of carbonyl (C=O) groups is 1. The minimum Gasteiger partial charge on any atom is -0.494 e. The van der Waals surface area contributed by atoms with Crippen LogP contribution in [0.3, 0.4) is 0 Å². The van der Waals surface area contributed by atoms with Crippen LogP contribution in [-0.2, 0) is 4.74 Å². The first-order valence-electron chi connectivity index (χ1n) is 7.39. The van der Waals surface area contributed by atoms with Crippen LogP contribution in [0.1, 0.15) is 12.5 Å². The molecule has 5 heteroatoms. The van der Waals surface area contributed by atoms with Crippen molar-refractivity contribution in [2.75, 3.05) is 13.2 Å². The first-order valence-corrected chi connectivity index (χ1v) is 8.17. The highest BCUT2D eigenvalue weighted by atomic mass is 32.2. The van der Waals surface area contributed by atoms with Crippen LogP contribution >= 0.6 is 11.9 Å². The van der Waals surface area contributed by atoms with E-state index in [1.165, 1.54) is 11.9 Å². The largest absolute Gasteiger partial charge is 0.494 e. The Hall–Kier alpha value is -2.40. The molecule has 0 aromatic heterocycles. The molecule has 0 spiro atoms. The smallest absolute Gasteiger partial charge is 0.425 e. The summed E-state index contributed by atoms with van der Waals surface area (Å²) in [7, 11) is 0. The molecule has 0 atom stereocenters. The van der Waals surface area contributed by atoms with Gasteiger partial charge in [0.05, 0.1) is 12.3 Å². The molecule has 1 aliphatic heterocycles. The van der Waals surface area contributed by atoms with E-state index in [1.54, 1.807) is 4.31 Å². The van der Waals surface area contributed by atoms with E-state index in [1.807, 2.05) is 67.6 Å². The summed E-state index contributed by atoms with van der Waals surface area (Å²) >= 11 is 1.35. The zero-order valence-corrected chi connectivity index (χ0v) is 13.6. The third-order valence-corrected chi connectivity index (χ3v) is 4.28. The lowest BCUT2D eigenvalue weighted by Crippen LogP contribution is -2.13. The number of hydrogen-bond acceptors (Lipinski definition) is 4. The van der Waals surface area contributed by atoms with E-state index in [9.17, 15) is 4.79 Å². The monoisotopic (exact) mass is 327 g/mol. The Bertz CT molecular complexity index is 698. The molecule has 0 N–H and O–H groups in total. The van der Waals surface area contributed by atoms with E-state index in [4.69, 9.17) is 9.47 Å². The van der Waals surface area contributed by atoms with E-state index < -0.39 is 0 Å². The van der Waals surface area contributed by atoms with Crippen molar-refractivity contribution in [3.63, 3.8) is 0 Å². The van der Waals surface area contributed by atoms with Gasteiger partial charge in [-0.2, -0.15) is 0 Å². The van der Waals surface area contributed by atoms with Crippen molar-refractivity contribution in [1.82, 2.24) is 4.31 Å². The van der Waals surface area contributed by atoms with Gasteiger partial charge in [0.15, 0.2) is 0 Å². The lowest BCUT2D eigenvalue weighted by Gasteiger charge is -2.13. The van der Waals surface area contributed by atoms with E-state index in [0.717, 1.165) is 21.9 Å². The van der Waals surface area contributed by atoms with E-state index in [0.29, 0.717) is 6.61 Å². The van der Waals surface area contributed by atoms with Gasteiger partial charge in [0.25, 0.3) is 0 Å². The van der Waals surface area contributed by atoms with Crippen molar-refractivity contribution in [2.45, 2.75) is 11.8 Å². The summed E-state index contributed by atoms with van der Waals surface area (Å²) < 4.78 is 12.2. The van der Waals surface area contributed by atoms with Gasteiger partial charge in [-0.3, -0.25) is 0 Å². The third kappa shape index (κ3) is 3.87. The molecular weight excluding hydrogens is 310 g/mol. The van der Waals surface area contributed by atoms with Gasteiger partial charge in [0, 0.05) is 4.90 Å². The van der Waals surface area contributed by atoms with Crippen LogP contribution in [-0.4, -0.2) is 23.6 Å². The second-order valence-corrected chi connectivity index (χ2v) is 5.91. The number of amides is 1. The molecule has 1 heterocycles. The molecular formula is C18H17NO3S. The van der Waals surface area contributed by atoms with Gasteiger partial charge in [-0.15, -0.1) is 0 Å². The molecule has 23 heavy (non-hydrogen) atoms. The predicted octanol–water partition coefficient (Wildman–Crippen LogP) is 4.59. The van der Waals surface area contributed by atoms with Crippen molar-refractivity contribution in [3.8, 4) is 5.75 Å². The van der Waals surface area contributed by atoms with Crippen LogP contribution in [0.5, 0.6) is 5.75 Å². The third-order valence-electron chi connectivity index (χ3n) is 3.23. The lowest BCUT2D eigenvalue weighted by atomic mass is 10.2. The van der Waals surface area contributed by atoms with Gasteiger partial charge in [-0.1, -0.05) is 30.3 Å². The molecule has 4 nitrogen and oxygen atoms in total. The second kappa shape index (κ2) is 7.24. The number of nitrogens with zero attached hydrogens (tertiary/aromatic N) is 1. The molecule has 118 valence electrons. The molecule has 0 saturated carbocycles. The van der Waals surface area contributed by atoms with E-state index in [-0.39, 0.29) is 12.7 Å². The molecule has 1 saturated heterocycles. The number of ether oxygens (including phenoxy) is 2. The molecule has 0 radical (unpaired) electrons. The fourth-order valence-electron chi connectivity index (χ4n) is 2.18. The van der Waals surface area contributed by atoms with Crippen LogP contribution < -0.4 is 4.74 Å². The summed E-state index contributed by atoms with van der Waals surface area (Å²) in [5.41, 5.74) is 1.87. The van der Waals surface area contributed by atoms with Gasteiger partial charge in [-0.25, -0.2) is 9.10 Å². The Balaban J connectivity index is 1.76. The average molecular weight is 327 g/mol. The number of cyclic esters (lactones) is 1. The van der Waals surface area contributed by atoms with Gasteiger partial charge in [0.1, 0.15) is 12.4 Å². The topological polar surface area (TPSA) is 38.8 Å². The minimum absolute atomic E-state index is 0.289. The lowest BCUT2D eigenvalue weighted by molar-refractivity contribution is 0.171. The zero-order chi connectivity index (χ0) is 16.1. The van der Waals surface area contributed by atoms with Crippen molar-refractivity contribution in [1.29, 1.82) is 0 Å². The fraction of sp³-hybridized carbons (Fsp3) is 0.167. The SMILES string of the molecule is CCOc1ccc(SN2C(=O)OCC2=Cc2ccccc2)cc1. The summed E-state index contributed by atoms with van der Waals surface area (Å²) in [5, 5.41) is 0. The Labute approximate surface area is 139 Å². The number of hydrogen-bond donors (Lipinski definition) is 0. The molecule has 1 fully saturated rings. The summed E-state index contributed by atoms with van der Waals surface area (Å²) in [6, 6.07) is 17.5. The Morgan fingerprint density at radius 1 is 1.17 bits per heavy atom. The molecule has 3 rings (SSSR count). The molecule has 2 aromatic rings. The normalized spacial score (nSPS) is 15.8. The molecule has 0 aliphatic carbocycles. The van der Waals surface area contributed by atoms with Crippen molar-refractivity contribution in [2.24, 2.45) is 0 Å². The van der Waals surface area contributed by atoms with Crippen molar-refractivity contribution >= 4 is 24.1 Å². The summed E-state index contributed by atoms with van der Waals surface area (Å²) in [4.78, 5) is 12.9. The van der Waals surface area contributed by atoms with Crippen LogP contribution in [0.25, 0.3) is 6.08 Å². The predicted molar refractivity (Wildman–Crippen MR) is 91.1 cm³/mol. The van der Waals surface area contributed by atoms with Gasteiger partial charge < -0.3 is 9.47 Å². The van der Waals surface area contributed by atoms with Crippen LogP contribution in [0.15, 0.2) is 65.2 Å². The van der Waals surface area contributed by atoms with Gasteiger partial charge in [-0.05, 0) is 54.8 Å². The Morgan fingerprint density at radius 3 is 2.61 bits per heavy atom. The second-order valence-electron chi connectivity index (χ2n) is 4.89. The van der Waals surface area contributed by atoms with Crippen LogP contribution in [0.4, 0.5) is 4.79 Å².